The van der Waals surface area contributed by atoms with Crippen LogP contribution in [0.2, 0.25) is 0 Å². The van der Waals surface area contributed by atoms with Crippen LogP contribution in [0.25, 0.3) is 44.2 Å². The number of hydrogen-bond donors (Lipinski definition) is 0. The van der Waals surface area contributed by atoms with Crippen LogP contribution in [-0.2, 0) is 18.5 Å². The topological polar surface area (TPSA) is 0 Å². The van der Waals surface area contributed by atoms with Gasteiger partial charge in [0.2, 0.25) is 0 Å². The fourth-order valence-corrected chi connectivity index (χ4v) is 4.43. The van der Waals surface area contributed by atoms with E-state index in [4.69, 9.17) is 0 Å². The predicted molar refractivity (Wildman–Crippen MR) is 135 cm³/mol. The lowest BCUT2D eigenvalue weighted by Crippen LogP contribution is -2.11. The molecule has 5 aromatic rings. The Balaban J connectivity index is 1.49. The average molecular weight is 560 g/mol. The van der Waals surface area contributed by atoms with Crippen LogP contribution in [0.1, 0.15) is 16.7 Å². The molecule has 0 aliphatic rings. The molecule has 0 spiro atoms. The van der Waals surface area contributed by atoms with Crippen LogP contribution in [0.4, 0.5) is 39.5 Å². The maximum atomic E-state index is 13.3. The quantitative estimate of drug-likeness (QED) is 0.193. The molecule has 0 radical (unpaired) electrons. The maximum absolute atomic E-state index is 13.3. The summed E-state index contributed by atoms with van der Waals surface area (Å²) in [5.41, 5.74) is -0.742. The minimum atomic E-state index is -4.95. The Labute approximate surface area is 222 Å². The second-order valence-electron chi connectivity index (χ2n) is 9.22. The summed E-state index contributed by atoms with van der Waals surface area (Å²) in [6, 6.07) is 23.3. The van der Waals surface area contributed by atoms with Crippen LogP contribution in [0, 0.1) is 0 Å². The van der Waals surface area contributed by atoms with Crippen molar-refractivity contribution in [3.8, 4) is 33.4 Å². The molecule has 0 N–H and O–H groups in total. The zero-order chi connectivity index (χ0) is 28.9. The highest BCUT2D eigenvalue weighted by atomic mass is 19.4. The number of alkyl halides is 9. The van der Waals surface area contributed by atoms with Gasteiger partial charge < -0.3 is 0 Å². The second-order valence-corrected chi connectivity index (χ2v) is 9.22. The molecular formula is C31H17F9. The minimum Gasteiger partial charge on any atom is -0.166 e. The zero-order valence-corrected chi connectivity index (χ0v) is 20.2. The van der Waals surface area contributed by atoms with Gasteiger partial charge in [-0.25, -0.2) is 0 Å². The Morgan fingerprint density at radius 2 is 0.625 bits per heavy atom. The molecule has 0 aromatic heterocycles. The fourth-order valence-electron chi connectivity index (χ4n) is 4.43. The van der Waals surface area contributed by atoms with Gasteiger partial charge >= 0.3 is 18.5 Å². The molecule has 0 saturated heterocycles. The highest BCUT2D eigenvalue weighted by Crippen LogP contribution is 2.39. The van der Waals surface area contributed by atoms with Crippen molar-refractivity contribution in [3.63, 3.8) is 0 Å². The molecule has 0 atom stereocenters. The van der Waals surface area contributed by atoms with Crippen molar-refractivity contribution >= 4 is 10.8 Å². The highest BCUT2D eigenvalue weighted by molar-refractivity contribution is 5.91. The van der Waals surface area contributed by atoms with E-state index >= 15 is 0 Å². The summed E-state index contributed by atoms with van der Waals surface area (Å²) in [5, 5.41) is 1.34. The first kappa shape index (κ1) is 27.3. The second kappa shape index (κ2) is 9.73. The summed E-state index contributed by atoms with van der Waals surface area (Å²) in [6.45, 7) is 0. The number of rotatable bonds is 3. The van der Waals surface area contributed by atoms with Crippen molar-refractivity contribution in [1.29, 1.82) is 0 Å². The normalized spacial score (nSPS) is 12.6. The minimum absolute atomic E-state index is 0.0942. The van der Waals surface area contributed by atoms with Crippen LogP contribution in [0.3, 0.4) is 0 Å². The fraction of sp³-hybridized carbons (Fsp3) is 0.0968. The summed E-state index contributed by atoms with van der Waals surface area (Å²) in [7, 11) is 0. The molecule has 0 fully saturated rings. The van der Waals surface area contributed by atoms with E-state index in [9.17, 15) is 39.5 Å². The summed E-state index contributed by atoms with van der Waals surface area (Å²) in [4.78, 5) is 0. The summed E-state index contributed by atoms with van der Waals surface area (Å²) < 4.78 is 119. The molecule has 5 aromatic carbocycles. The van der Waals surface area contributed by atoms with Crippen LogP contribution in [0.5, 0.6) is 0 Å². The molecule has 5 rings (SSSR count). The van der Waals surface area contributed by atoms with Gasteiger partial charge in [-0.05, 0) is 86.6 Å². The van der Waals surface area contributed by atoms with Gasteiger partial charge in [0.25, 0.3) is 0 Å². The van der Waals surface area contributed by atoms with E-state index in [2.05, 4.69) is 0 Å². The smallest absolute Gasteiger partial charge is 0.166 e. The van der Waals surface area contributed by atoms with E-state index in [1.165, 1.54) is 24.3 Å². The van der Waals surface area contributed by atoms with Crippen LogP contribution in [0.15, 0.2) is 103 Å². The highest BCUT2D eigenvalue weighted by Gasteiger charge is 2.37. The van der Waals surface area contributed by atoms with E-state index in [0.29, 0.717) is 28.6 Å². The van der Waals surface area contributed by atoms with Gasteiger partial charge in [0.15, 0.2) is 0 Å². The Bertz CT molecular complexity index is 1640. The van der Waals surface area contributed by atoms with Crippen molar-refractivity contribution in [2.45, 2.75) is 18.5 Å². The van der Waals surface area contributed by atoms with Gasteiger partial charge in [-0.3, -0.25) is 0 Å². The number of benzene rings is 5. The summed E-state index contributed by atoms with van der Waals surface area (Å²) >= 11 is 0. The third-order valence-electron chi connectivity index (χ3n) is 6.53. The van der Waals surface area contributed by atoms with Gasteiger partial charge in [0.05, 0.1) is 16.7 Å². The van der Waals surface area contributed by atoms with Crippen LogP contribution < -0.4 is 0 Å². The summed E-state index contributed by atoms with van der Waals surface area (Å²) in [5.74, 6) is 0. The first-order valence-corrected chi connectivity index (χ1v) is 11.8. The molecule has 0 aliphatic heterocycles. The van der Waals surface area contributed by atoms with Gasteiger partial charge in [-0.15, -0.1) is 0 Å². The number of fused-ring (bicyclic) bond motifs is 1. The molecule has 40 heavy (non-hydrogen) atoms. The van der Waals surface area contributed by atoms with Gasteiger partial charge in [0, 0.05) is 0 Å². The van der Waals surface area contributed by atoms with Gasteiger partial charge in [-0.2, -0.15) is 39.5 Å². The third kappa shape index (κ3) is 5.68. The molecule has 9 heteroatoms. The standard InChI is InChI=1S/C31H17F9/c32-29(33,34)26-11-9-19(10-12-26)18-1-3-20(4-2-18)22-7-5-21-6-8-23(14-24(21)13-22)25-15-27(30(35,36)37)17-28(16-25)31(38,39)40/h1-17H. The lowest BCUT2D eigenvalue weighted by Gasteiger charge is -2.15. The number of hydrogen-bond acceptors (Lipinski definition) is 0. The van der Waals surface area contributed by atoms with Crippen molar-refractivity contribution in [2.75, 3.05) is 0 Å². The molecule has 0 bridgehead atoms. The monoisotopic (exact) mass is 560 g/mol. The molecule has 204 valence electrons. The molecule has 0 amide bonds. The Morgan fingerprint density at radius 1 is 0.275 bits per heavy atom. The van der Waals surface area contributed by atoms with Gasteiger partial charge in [0.1, 0.15) is 0 Å². The molecule has 0 unspecified atom stereocenters. The van der Waals surface area contributed by atoms with Crippen LogP contribution in [-0.4, -0.2) is 0 Å². The molecular weight excluding hydrogens is 543 g/mol. The third-order valence-corrected chi connectivity index (χ3v) is 6.53. The first-order chi connectivity index (χ1) is 18.7. The Hall–Kier alpha value is -4.27. The van der Waals surface area contributed by atoms with Crippen molar-refractivity contribution in [3.05, 3.63) is 120 Å². The lowest BCUT2D eigenvalue weighted by atomic mass is 9.95. The lowest BCUT2D eigenvalue weighted by molar-refractivity contribution is -0.143. The van der Waals surface area contributed by atoms with Crippen molar-refractivity contribution in [2.24, 2.45) is 0 Å². The Kier molecular flexibility index (Phi) is 6.64. The average Bonchev–Trinajstić information content (AvgIpc) is 2.91. The van der Waals surface area contributed by atoms with Crippen molar-refractivity contribution in [1.82, 2.24) is 0 Å². The van der Waals surface area contributed by atoms with E-state index in [1.54, 1.807) is 42.5 Å². The van der Waals surface area contributed by atoms with E-state index in [1.807, 2.05) is 6.07 Å². The van der Waals surface area contributed by atoms with E-state index in [0.717, 1.165) is 28.6 Å². The van der Waals surface area contributed by atoms with Crippen LogP contribution >= 0.6 is 0 Å². The summed E-state index contributed by atoms with van der Waals surface area (Å²) in [6.07, 6.45) is -14.3. The zero-order valence-electron chi connectivity index (χ0n) is 20.2. The molecule has 0 heterocycles. The van der Waals surface area contributed by atoms with Crippen molar-refractivity contribution < 1.29 is 39.5 Å². The first-order valence-electron chi connectivity index (χ1n) is 11.8. The molecule has 0 aliphatic carbocycles. The van der Waals surface area contributed by atoms with Gasteiger partial charge in [-0.1, -0.05) is 60.7 Å². The largest absolute Gasteiger partial charge is 0.416 e. The predicted octanol–water partition coefficient (Wildman–Crippen LogP) is 10.9. The molecule has 0 nitrogen and oxygen atoms in total. The molecule has 0 saturated carbocycles. The van der Waals surface area contributed by atoms with E-state index in [-0.39, 0.29) is 17.2 Å². The van der Waals surface area contributed by atoms with E-state index < -0.39 is 35.2 Å². The number of halogens is 9. The SMILES string of the molecule is FC(F)(F)c1ccc(-c2ccc(-c3ccc4ccc(-c5cc(C(F)(F)F)cc(C(F)(F)F)c5)cc4c3)cc2)cc1. The Morgan fingerprint density at radius 3 is 1.05 bits per heavy atom. The maximum Gasteiger partial charge on any atom is 0.416 e.